The highest BCUT2D eigenvalue weighted by molar-refractivity contribution is 5.98. The third-order valence-corrected chi connectivity index (χ3v) is 3.65. The number of urea groups is 1. The zero-order valence-electron chi connectivity index (χ0n) is 14.6. The van der Waals surface area contributed by atoms with Gasteiger partial charge in [0, 0.05) is 11.4 Å². The molecule has 26 heavy (non-hydrogen) atoms. The minimum absolute atomic E-state index is 0.197. The number of aryl methyl sites for hydroxylation is 1. The summed E-state index contributed by atoms with van der Waals surface area (Å²) in [5.74, 6) is -1.11. The van der Waals surface area contributed by atoms with Crippen LogP contribution in [0.15, 0.2) is 48.5 Å². The van der Waals surface area contributed by atoms with Crippen LogP contribution in [0.5, 0.6) is 0 Å². The van der Waals surface area contributed by atoms with E-state index in [1.807, 2.05) is 19.1 Å². The summed E-state index contributed by atoms with van der Waals surface area (Å²) in [6, 6.07) is 12.8. The number of hydrogen-bond acceptors (Lipinski definition) is 4. The van der Waals surface area contributed by atoms with Crippen molar-refractivity contribution >= 4 is 29.3 Å². The number of nitrogens with one attached hydrogen (secondary N) is 2. The minimum Gasteiger partial charge on any atom is -0.449 e. The van der Waals surface area contributed by atoms with Gasteiger partial charge in [0.1, 0.15) is 0 Å². The molecule has 1 atom stereocenters. The highest BCUT2D eigenvalue weighted by Gasteiger charge is 2.19. The lowest BCUT2D eigenvalue weighted by Crippen LogP contribution is -2.30. The van der Waals surface area contributed by atoms with E-state index in [2.05, 4.69) is 10.6 Å². The molecule has 3 amide bonds. The van der Waals surface area contributed by atoms with Gasteiger partial charge in [-0.1, -0.05) is 25.1 Å². The first-order valence-electron chi connectivity index (χ1n) is 8.16. The second-order valence-electron chi connectivity index (χ2n) is 5.66. The van der Waals surface area contributed by atoms with Crippen molar-refractivity contribution in [1.29, 1.82) is 0 Å². The molecule has 0 radical (unpaired) electrons. The molecule has 0 saturated heterocycles. The molecule has 0 aliphatic heterocycles. The number of carbonyl (C=O) groups is 3. The van der Waals surface area contributed by atoms with E-state index in [0.29, 0.717) is 11.4 Å². The number of esters is 1. The number of ether oxygens (including phenoxy) is 1. The molecule has 0 unspecified atom stereocenters. The molecule has 7 heteroatoms. The molecule has 4 N–H and O–H groups in total. The highest BCUT2D eigenvalue weighted by Crippen LogP contribution is 2.14. The third kappa shape index (κ3) is 5.34. The summed E-state index contributed by atoms with van der Waals surface area (Å²) in [6.07, 6.45) is -0.0764. The van der Waals surface area contributed by atoms with E-state index in [1.165, 1.54) is 19.1 Å². The van der Waals surface area contributed by atoms with Gasteiger partial charge >= 0.3 is 12.0 Å². The van der Waals surface area contributed by atoms with Crippen molar-refractivity contribution in [1.82, 2.24) is 0 Å². The van der Waals surface area contributed by atoms with E-state index in [9.17, 15) is 14.4 Å². The van der Waals surface area contributed by atoms with Crippen molar-refractivity contribution < 1.29 is 19.1 Å². The Balaban J connectivity index is 1.97. The smallest absolute Gasteiger partial charge is 0.338 e. The van der Waals surface area contributed by atoms with Gasteiger partial charge in [0.05, 0.1) is 5.56 Å². The van der Waals surface area contributed by atoms with Gasteiger partial charge in [-0.25, -0.2) is 9.59 Å². The van der Waals surface area contributed by atoms with E-state index in [-0.39, 0.29) is 5.56 Å². The number of amides is 3. The number of carbonyl (C=O) groups excluding carboxylic acids is 3. The molecule has 0 heterocycles. The first-order valence-corrected chi connectivity index (χ1v) is 8.16. The number of hydrogen-bond donors (Lipinski definition) is 3. The lowest BCUT2D eigenvalue weighted by molar-refractivity contribution is -0.123. The van der Waals surface area contributed by atoms with Crippen molar-refractivity contribution in [2.75, 3.05) is 10.6 Å². The fourth-order valence-electron chi connectivity index (χ4n) is 2.22. The molecule has 0 fully saturated rings. The van der Waals surface area contributed by atoms with Crippen LogP contribution in [-0.4, -0.2) is 24.0 Å². The topological polar surface area (TPSA) is 111 Å². The van der Waals surface area contributed by atoms with Crippen molar-refractivity contribution in [3.8, 4) is 0 Å². The van der Waals surface area contributed by atoms with Crippen LogP contribution in [0.3, 0.4) is 0 Å². The summed E-state index contributed by atoms with van der Waals surface area (Å²) >= 11 is 0. The number of benzene rings is 2. The fraction of sp³-hybridized carbons (Fsp3) is 0.211. The second kappa shape index (κ2) is 8.66. The Morgan fingerprint density at radius 2 is 1.73 bits per heavy atom. The zero-order valence-corrected chi connectivity index (χ0v) is 14.6. The summed E-state index contributed by atoms with van der Waals surface area (Å²) in [5, 5.41) is 5.07. The maximum Gasteiger partial charge on any atom is 0.338 e. The van der Waals surface area contributed by atoms with Crippen molar-refractivity contribution in [3.05, 3.63) is 59.7 Å². The molecule has 7 nitrogen and oxygen atoms in total. The highest BCUT2D eigenvalue weighted by atomic mass is 16.5. The number of rotatable bonds is 6. The van der Waals surface area contributed by atoms with Crippen LogP contribution in [-0.2, 0) is 16.0 Å². The van der Waals surface area contributed by atoms with E-state index in [1.54, 1.807) is 24.3 Å². The molecule has 0 aromatic heterocycles. The maximum absolute atomic E-state index is 12.2. The molecule has 0 aliphatic rings. The third-order valence-electron chi connectivity index (χ3n) is 3.65. The van der Waals surface area contributed by atoms with Crippen LogP contribution in [0, 0.1) is 0 Å². The molecule has 136 valence electrons. The summed E-state index contributed by atoms with van der Waals surface area (Å²) in [6.45, 7) is 3.53. The van der Waals surface area contributed by atoms with Crippen molar-refractivity contribution in [2.45, 2.75) is 26.4 Å². The Morgan fingerprint density at radius 3 is 2.35 bits per heavy atom. The number of nitrogens with two attached hydrogens (primary N) is 1. The number of primary amides is 1. The largest absolute Gasteiger partial charge is 0.449 e. The minimum atomic E-state index is -0.985. The molecule has 2 rings (SSSR count). The first-order chi connectivity index (χ1) is 12.4. The standard InChI is InChI=1S/C19H21N3O4/c1-3-13-7-9-15(10-8-13)21-17(23)12(2)26-18(24)14-5-4-6-16(11-14)22-19(20)25/h4-12H,3H2,1-2H3,(H,21,23)(H3,20,22,25)/t12-/m0/s1. The van der Waals surface area contributed by atoms with Gasteiger partial charge in [-0.2, -0.15) is 0 Å². The van der Waals surface area contributed by atoms with Crippen LogP contribution < -0.4 is 16.4 Å². The fourth-order valence-corrected chi connectivity index (χ4v) is 2.22. The average molecular weight is 355 g/mol. The van der Waals surface area contributed by atoms with Gasteiger partial charge in [-0.15, -0.1) is 0 Å². The van der Waals surface area contributed by atoms with Crippen molar-refractivity contribution in [2.24, 2.45) is 5.73 Å². The Hall–Kier alpha value is -3.35. The molecule has 0 aliphatic carbocycles. The Bertz CT molecular complexity index is 803. The van der Waals surface area contributed by atoms with Gasteiger partial charge in [-0.3, -0.25) is 4.79 Å². The van der Waals surface area contributed by atoms with Crippen LogP contribution in [0.4, 0.5) is 16.2 Å². The predicted octanol–water partition coefficient (Wildman–Crippen LogP) is 2.92. The monoisotopic (exact) mass is 355 g/mol. The van der Waals surface area contributed by atoms with E-state index >= 15 is 0 Å². The molecule has 2 aromatic rings. The van der Waals surface area contributed by atoms with Crippen LogP contribution in [0.2, 0.25) is 0 Å². The Morgan fingerprint density at radius 1 is 1.04 bits per heavy atom. The summed E-state index contributed by atoms with van der Waals surface area (Å²) in [4.78, 5) is 35.2. The van der Waals surface area contributed by atoms with E-state index < -0.39 is 24.0 Å². The molecule has 0 spiro atoms. The molecular formula is C19H21N3O4. The Kier molecular flexibility index (Phi) is 6.32. The second-order valence-corrected chi connectivity index (χ2v) is 5.66. The van der Waals surface area contributed by atoms with Gasteiger partial charge < -0.3 is 21.1 Å². The molecule has 0 bridgehead atoms. The SMILES string of the molecule is CCc1ccc(NC(=O)[C@H](C)OC(=O)c2cccc(NC(N)=O)c2)cc1. The van der Waals surface area contributed by atoms with Gasteiger partial charge in [0.2, 0.25) is 0 Å². The van der Waals surface area contributed by atoms with Gasteiger partial charge in [-0.05, 0) is 49.2 Å². The Labute approximate surface area is 151 Å². The first kappa shape index (κ1) is 19.0. The molecular weight excluding hydrogens is 334 g/mol. The van der Waals surface area contributed by atoms with Crippen LogP contribution in [0.25, 0.3) is 0 Å². The molecule has 0 saturated carbocycles. The summed E-state index contributed by atoms with van der Waals surface area (Å²) in [5.41, 5.74) is 7.39. The van der Waals surface area contributed by atoms with E-state index in [0.717, 1.165) is 12.0 Å². The summed E-state index contributed by atoms with van der Waals surface area (Å²) in [7, 11) is 0. The predicted molar refractivity (Wildman–Crippen MR) is 99.0 cm³/mol. The van der Waals surface area contributed by atoms with Gasteiger partial charge in [0.15, 0.2) is 6.10 Å². The van der Waals surface area contributed by atoms with Crippen LogP contribution >= 0.6 is 0 Å². The van der Waals surface area contributed by atoms with E-state index in [4.69, 9.17) is 10.5 Å². The van der Waals surface area contributed by atoms with Gasteiger partial charge in [0.25, 0.3) is 5.91 Å². The number of anilines is 2. The normalized spacial score (nSPS) is 11.3. The lowest BCUT2D eigenvalue weighted by Gasteiger charge is -2.14. The average Bonchev–Trinajstić information content (AvgIpc) is 2.62. The lowest BCUT2D eigenvalue weighted by atomic mass is 10.1. The molecule has 2 aromatic carbocycles. The zero-order chi connectivity index (χ0) is 19.1. The van der Waals surface area contributed by atoms with Crippen LogP contribution in [0.1, 0.15) is 29.8 Å². The maximum atomic E-state index is 12.2. The van der Waals surface area contributed by atoms with Crippen molar-refractivity contribution in [3.63, 3.8) is 0 Å². The quantitative estimate of drug-likeness (QED) is 0.692. The summed E-state index contributed by atoms with van der Waals surface area (Å²) < 4.78 is 5.18.